The Morgan fingerprint density at radius 1 is 0.931 bits per heavy atom. The normalized spacial score (nSPS) is 15.1. The average Bonchev–Trinajstić information content (AvgIpc) is 2.73. The van der Waals surface area contributed by atoms with Crippen molar-refractivity contribution >= 4 is 22.4 Å². The third kappa shape index (κ3) is 5.96. The number of aliphatic hydroxyl groups excluding tert-OH is 1. The molecule has 2 nitrogen and oxygen atoms in total. The van der Waals surface area contributed by atoms with Crippen LogP contribution in [0.25, 0.3) is 10.8 Å². The summed E-state index contributed by atoms with van der Waals surface area (Å²) in [4.78, 5) is 2.48. The number of benzene rings is 2. The fourth-order valence-corrected chi connectivity index (χ4v) is 4.94. The van der Waals surface area contributed by atoms with Crippen LogP contribution in [0.5, 0.6) is 0 Å². The molecule has 160 valence electrons. The second-order valence-corrected chi connectivity index (χ2v) is 9.17. The van der Waals surface area contributed by atoms with Crippen molar-refractivity contribution < 1.29 is 5.11 Å². The SMILES string of the molecule is CCCCCN(CCCCC)C[C@@H](O)c1cc2c(c3ccc(Cl)cc13)CCCC2. The summed E-state index contributed by atoms with van der Waals surface area (Å²) in [6, 6.07) is 8.51. The van der Waals surface area contributed by atoms with Crippen molar-refractivity contribution in [3.8, 4) is 0 Å². The lowest BCUT2D eigenvalue weighted by Gasteiger charge is -2.27. The van der Waals surface area contributed by atoms with Crippen LogP contribution in [0.1, 0.15) is 88.0 Å². The standard InChI is InChI=1S/C26H38ClNO/c1-3-5-9-15-28(16-10-6-4-2)19-26(29)25-17-20-11-7-8-12-22(20)23-14-13-21(27)18-24(23)25/h13-14,17-18,26,29H,3-12,15-16,19H2,1-2H3/t26-/m1/s1. The largest absolute Gasteiger partial charge is 0.387 e. The van der Waals surface area contributed by atoms with Gasteiger partial charge in [0.05, 0.1) is 6.10 Å². The predicted molar refractivity (Wildman–Crippen MR) is 126 cm³/mol. The Labute approximate surface area is 182 Å². The summed E-state index contributed by atoms with van der Waals surface area (Å²) < 4.78 is 0. The van der Waals surface area contributed by atoms with Gasteiger partial charge in [-0.3, -0.25) is 0 Å². The zero-order valence-electron chi connectivity index (χ0n) is 18.4. The number of rotatable bonds is 11. The van der Waals surface area contributed by atoms with E-state index < -0.39 is 6.10 Å². The smallest absolute Gasteiger partial charge is 0.0923 e. The Balaban J connectivity index is 1.85. The van der Waals surface area contributed by atoms with Crippen molar-refractivity contribution in [2.24, 2.45) is 0 Å². The maximum absolute atomic E-state index is 11.3. The van der Waals surface area contributed by atoms with Crippen LogP contribution in [0.3, 0.4) is 0 Å². The first-order valence-corrected chi connectivity index (χ1v) is 12.2. The van der Waals surface area contributed by atoms with Gasteiger partial charge in [-0.25, -0.2) is 0 Å². The molecular formula is C26H38ClNO. The monoisotopic (exact) mass is 415 g/mol. The lowest BCUT2D eigenvalue weighted by atomic mass is 9.84. The number of aliphatic hydroxyl groups is 1. The molecule has 0 radical (unpaired) electrons. The van der Waals surface area contributed by atoms with E-state index in [1.165, 1.54) is 67.9 Å². The molecule has 0 heterocycles. The highest BCUT2D eigenvalue weighted by molar-refractivity contribution is 6.31. The fourth-order valence-electron chi connectivity index (χ4n) is 4.76. The maximum Gasteiger partial charge on any atom is 0.0923 e. The molecule has 3 rings (SSSR count). The van der Waals surface area contributed by atoms with E-state index in [1.54, 1.807) is 0 Å². The Kier molecular flexibility index (Phi) is 8.84. The summed E-state index contributed by atoms with van der Waals surface area (Å²) in [6.45, 7) is 7.38. The van der Waals surface area contributed by atoms with Crippen LogP contribution >= 0.6 is 11.6 Å². The molecule has 0 aromatic heterocycles. The molecule has 0 bridgehead atoms. The third-order valence-electron chi connectivity index (χ3n) is 6.40. The number of halogens is 1. The topological polar surface area (TPSA) is 23.5 Å². The highest BCUT2D eigenvalue weighted by Gasteiger charge is 2.21. The van der Waals surface area contributed by atoms with E-state index in [0.29, 0.717) is 6.54 Å². The van der Waals surface area contributed by atoms with Crippen molar-refractivity contribution in [1.82, 2.24) is 4.90 Å². The van der Waals surface area contributed by atoms with Gasteiger partial charge in [0.25, 0.3) is 0 Å². The van der Waals surface area contributed by atoms with Crippen LogP contribution in [0.2, 0.25) is 5.02 Å². The van der Waals surface area contributed by atoms with Gasteiger partial charge >= 0.3 is 0 Å². The molecule has 1 aliphatic rings. The van der Waals surface area contributed by atoms with Gasteiger partial charge in [-0.05, 0) is 91.2 Å². The highest BCUT2D eigenvalue weighted by atomic mass is 35.5. The third-order valence-corrected chi connectivity index (χ3v) is 6.64. The zero-order valence-corrected chi connectivity index (χ0v) is 19.1. The average molecular weight is 416 g/mol. The van der Waals surface area contributed by atoms with Crippen molar-refractivity contribution in [2.45, 2.75) is 84.2 Å². The molecule has 0 fully saturated rings. The molecule has 1 atom stereocenters. The van der Waals surface area contributed by atoms with E-state index in [9.17, 15) is 5.11 Å². The van der Waals surface area contributed by atoms with E-state index in [0.717, 1.165) is 41.9 Å². The van der Waals surface area contributed by atoms with Gasteiger partial charge in [0.2, 0.25) is 0 Å². The molecule has 29 heavy (non-hydrogen) atoms. The molecular weight excluding hydrogens is 378 g/mol. The van der Waals surface area contributed by atoms with Gasteiger partial charge in [0, 0.05) is 11.6 Å². The molecule has 2 aromatic rings. The molecule has 0 saturated carbocycles. The van der Waals surface area contributed by atoms with E-state index in [1.807, 2.05) is 6.07 Å². The predicted octanol–water partition coefficient (Wildman–Crippen LogP) is 7.09. The molecule has 0 saturated heterocycles. The molecule has 2 aromatic carbocycles. The summed E-state index contributed by atoms with van der Waals surface area (Å²) >= 11 is 6.36. The molecule has 0 unspecified atom stereocenters. The molecule has 0 aliphatic heterocycles. The number of nitrogens with zero attached hydrogens (tertiary/aromatic N) is 1. The minimum absolute atomic E-state index is 0.466. The van der Waals surface area contributed by atoms with Crippen molar-refractivity contribution in [3.05, 3.63) is 46.0 Å². The zero-order chi connectivity index (χ0) is 20.6. The van der Waals surface area contributed by atoms with Crippen molar-refractivity contribution in [2.75, 3.05) is 19.6 Å². The van der Waals surface area contributed by atoms with Crippen LogP contribution in [0.4, 0.5) is 0 Å². The Morgan fingerprint density at radius 2 is 1.62 bits per heavy atom. The van der Waals surface area contributed by atoms with Crippen molar-refractivity contribution in [3.63, 3.8) is 0 Å². The van der Waals surface area contributed by atoms with Gasteiger partial charge in [-0.15, -0.1) is 0 Å². The van der Waals surface area contributed by atoms with Crippen LogP contribution in [-0.4, -0.2) is 29.6 Å². The quantitative estimate of drug-likeness (QED) is 0.396. The molecule has 1 N–H and O–H groups in total. The van der Waals surface area contributed by atoms with Crippen LogP contribution < -0.4 is 0 Å². The Morgan fingerprint density at radius 3 is 2.31 bits per heavy atom. The van der Waals surface area contributed by atoms with Crippen LogP contribution in [-0.2, 0) is 12.8 Å². The van der Waals surface area contributed by atoms with E-state index in [2.05, 4.69) is 36.9 Å². The second-order valence-electron chi connectivity index (χ2n) is 8.73. The molecule has 0 spiro atoms. The molecule has 3 heteroatoms. The van der Waals surface area contributed by atoms with E-state index >= 15 is 0 Å². The summed E-state index contributed by atoms with van der Waals surface area (Å²) in [7, 11) is 0. The van der Waals surface area contributed by atoms with Gasteiger partial charge < -0.3 is 10.0 Å². The molecule has 1 aliphatic carbocycles. The minimum atomic E-state index is -0.466. The first-order chi connectivity index (χ1) is 14.1. The molecule has 0 amide bonds. The first-order valence-electron chi connectivity index (χ1n) is 11.8. The lowest BCUT2D eigenvalue weighted by molar-refractivity contribution is 0.111. The number of aryl methyl sites for hydroxylation is 2. The van der Waals surface area contributed by atoms with E-state index in [4.69, 9.17) is 11.6 Å². The minimum Gasteiger partial charge on any atom is -0.387 e. The van der Waals surface area contributed by atoms with Crippen LogP contribution in [0.15, 0.2) is 24.3 Å². The summed E-state index contributed by atoms with van der Waals surface area (Å²) in [5, 5.41) is 14.5. The summed E-state index contributed by atoms with van der Waals surface area (Å²) in [5.74, 6) is 0. The first kappa shape index (κ1) is 22.6. The van der Waals surface area contributed by atoms with Gasteiger partial charge in [0.15, 0.2) is 0 Å². The lowest BCUT2D eigenvalue weighted by Crippen LogP contribution is -2.31. The van der Waals surface area contributed by atoms with Gasteiger partial charge in [-0.2, -0.15) is 0 Å². The van der Waals surface area contributed by atoms with Gasteiger partial charge in [-0.1, -0.05) is 63.3 Å². The summed E-state index contributed by atoms with van der Waals surface area (Å²) in [6.07, 6.45) is 11.7. The summed E-state index contributed by atoms with van der Waals surface area (Å²) in [5.41, 5.74) is 3.98. The number of fused-ring (bicyclic) bond motifs is 3. The van der Waals surface area contributed by atoms with E-state index in [-0.39, 0.29) is 0 Å². The van der Waals surface area contributed by atoms with Gasteiger partial charge in [0.1, 0.15) is 0 Å². The second kappa shape index (κ2) is 11.3. The fraction of sp³-hybridized carbons (Fsp3) is 0.615. The Hall–Kier alpha value is -1.09. The number of hydrogen-bond acceptors (Lipinski definition) is 2. The van der Waals surface area contributed by atoms with Crippen molar-refractivity contribution in [1.29, 1.82) is 0 Å². The maximum atomic E-state index is 11.3. The van der Waals surface area contributed by atoms with Crippen LogP contribution in [0, 0.1) is 0 Å². The highest BCUT2D eigenvalue weighted by Crippen LogP contribution is 2.36. The number of hydrogen-bond donors (Lipinski definition) is 1. The number of unbranched alkanes of at least 4 members (excludes halogenated alkanes) is 4. The Bertz CT molecular complexity index is 778.